The second-order valence-corrected chi connectivity index (χ2v) is 8.84. The van der Waals surface area contributed by atoms with Crippen molar-refractivity contribution in [1.29, 1.82) is 0 Å². The monoisotopic (exact) mass is 203 g/mol. The van der Waals surface area contributed by atoms with Crippen LogP contribution in [0.15, 0.2) is 18.3 Å². The van der Waals surface area contributed by atoms with Crippen molar-refractivity contribution in [2.24, 2.45) is 0 Å². The van der Waals surface area contributed by atoms with Gasteiger partial charge in [0.15, 0.2) is 6.29 Å². The quantitative estimate of drug-likeness (QED) is 0.397. The van der Waals surface area contributed by atoms with Crippen LogP contribution in [-0.4, -0.2) is 19.3 Å². The molecule has 2 nitrogen and oxygen atoms in total. The van der Waals surface area contributed by atoms with Crippen LogP contribution >= 0.6 is 0 Å². The summed E-state index contributed by atoms with van der Waals surface area (Å²) in [6, 6.07) is 3.53. The van der Waals surface area contributed by atoms with Gasteiger partial charge in [-0.05, 0) is 12.1 Å². The van der Waals surface area contributed by atoms with Crippen molar-refractivity contribution < 1.29 is 4.79 Å². The fourth-order valence-corrected chi connectivity index (χ4v) is 1.37. The van der Waals surface area contributed by atoms with Crippen molar-refractivity contribution >= 4 is 14.4 Å². The van der Waals surface area contributed by atoms with Crippen LogP contribution in [0.3, 0.4) is 0 Å². The van der Waals surface area contributed by atoms with E-state index in [1.54, 1.807) is 12.3 Å². The zero-order valence-corrected chi connectivity index (χ0v) is 9.66. The topological polar surface area (TPSA) is 30.0 Å². The molecule has 0 aliphatic rings. The molecule has 1 aromatic rings. The van der Waals surface area contributed by atoms with E-state index >= 15 is 0 Å². The van der Waals surface area contributed by atoms with Gasteiger partial charge in [0.05, 0.1) is 0 Å². The lowest BCUT2D eigenvalue weighted by Gasteiger charge is -2.03. The third-order valence-corrected chi connectivity index (χ3v) is 2.36. The first-order chi connectivity index (χ1) is 6.51. The highest BCUT2D eigenvalue weighted by Gasteiger charge is 2.07. The summed E-state index contributed by atoms with van der Waals surface area (Å²) in [5.41, 5.74) is 4.54. The van der Waals surface area contributed by atoms with E-state index in [2.05, 4.69) is 36.1 Å². The molecule has 14 heavy (non-hydrogen) atoms. The Hall–Kier alpha value is -1.40. The lowest BCUT2D eigenvalue weighted by atomic mass is 10.2. The molecule has 3 heteroatoms. The average Bonchev–Trinajstić information content (AvgIpc) is 2.14. The molecule has 0 unspecified atom stereocenters. The third kappa shape index (κ3) is 3.54. The van der Waals surface area contributed by atoms with Crippen LogP contribution in [-0.2, 0) is 0 Å². The minimum Gasteiger partial charge on any atom is -0.296 e. The third-order valence-electron chi connectivity index (χ3n) is 1.48. The van der Waals surface area contributed by atoms with Crippen molar-refractivity contribution in [3.8, 4) is 11.5 Å². The van der Waals surface area contributed by atoms with Crippen LogP contribution in [0.25, 0.3) is 0 Å². The van der Waals surface area contributed by atoms with Gasteiger partial charge < -0.3 is 0 Å². The second-order valence-electron chi connectivity index (χ2n) is 4.09. The lowest BCUT2D eigenvalue weighted by Crippen LogP contribution is -2.16. The number of nitrogens with zero attached hydrogens (tertiary/aromatic N) is 1. The number of hydrogen-bond acceptors (Lipinski definition) is 2. The first-order valence-corrected chi connectivity index (χ1v) is 7.96. The van der Waals surface area contributed by atoms with Crippen LogP contribution in [0.2, 0.25) is 19.6 Å². The van der Waals surface area contributed by atoms with Gasteiger partial charge in [-0.2, -0.15) is 0 Å². The van der Waals surface area contributed by atoms with E-state index < -0.39 is 8.07 Å². The van der Waals surface area contributed by atoms with Gasteiger partial charge in [0.25, 0.3) is 0 Å². The van der Waals surface area contributed by atoms with Crippen LogP contribution in [0.1, 0.15) is 16.1 Å². The standard InChI is InChI=1S/C11H13NOSi/c1-14(2,3)7-5-10-4-6-12-11(8-10)9-13/h4,6,8-9H,1-3H3. The maximum absolute atomic E-state index is 10.5. The van der Waals surface area contributed by atoms with Gasteiger partial charge in [-0.1, -0.05) is 25.6 Å². The Labute approximate surface area is 85.4 Å². The molecule has 0 aromatic carbocycles. The van der Waals surface area contributed by atoms with Gasteiger partial charge in [0.2, 0.25) is 0 Å². The highest BCUT2D eigenvalue weighted by atomic mass is 28.3. The minimum atomic E-state index is -1.34. The molecule has 0 radical (unpaired) electrons. The highest BCUT2D eigenvalue weighted by Crippen LogP contribution is 2.01. The molecule has 72 valence electrons. The Morgan fingerprint density at radius 1 is 1.43 bits per heavy atom. The number of carbonyl (C=O) groups excluding carboxylic acids is 1. The fraction of sp³-hybridized carbons (Fsp3) is 0.273. The van der Waals surface area contributed by atoms with Gasteiger partial charge in [-0.25, -0.2) is 0 Å². The molecule has 0 atom stereocenters. The molecule has 1 rings (SSSR count). The molecular formula is C11H13NOSi. The Morgan fingerprint density at radius 3 is 2.71 bits per heavy atom. The SMILES string of the molecule is C[Si](C)(C)C#Cc1ccnc(C=O)c1. The summed E-state index contributed by atoms with van der Waals surface area (Å²) in [5, 5.41) is 0. The average molecular weight is 203 g/mol. The first-order valence-electron chi connectivity index (χ1n) is 4.46. The summed E-state index contributed by atoms with van der Waals surface area (Å²) in [6.45, 7) is 6.55. The predicted molar refractivity (Wildman–Crippen MR) is 59.8 cm³/mol. The molecule has 1 aromatic heterocycles. The van der Waals surface area contributed by atoms with E-state index in [0.717, 1.165) is 11.8 Å². The Balaban J connectivity index is 2.96. The number of rotatable bonds is 1. The normalized spacial score (nSPS) is 10.2. The van der Waals surface area contributed by atoms with Gasteiger partial charge >= 0.3 is 0 Å². The van der Waals surface area contributed by atoms with Crippen LogP contribution in [0.5, 0.6) is 0 Å². The zero-order valence-electron chi connectivity index (χ0n) is 8.66. The summed E-state index contributed by atoms with van der Waals surface area (Å²) in [7, 11) is -1.34. The summed E-state index contributed by atoms with van der Waals surface area (Å²) in [4.78, 5) is 14.3. The molecule has 0 N–H and O–H groups in total. The molecule has 0 fully saturated rings. The second kappa shape index (κ2) is 4.21. The molecule has 0 bridgehead atoms. The smallest absolute Gasteiger partial charge is 0.168 e. The number of hydrogen-bond donors (Lipinski definition) is 0. The minimum absolute atomic E-state index is 0.437. The summed E-state index contributed by atoms with van der Waals surface area (Å²) in [5.74, 6) is 3.07. The lowest BCUT2D eigenvalue weighted by molar-refractivity contribution is 0.111. The van der Waals surface area contributed by atoms with Crippen LogP contribution in [0, 0.1) is 11.5 Å². The number of carbonyl (C=O) groups is 1. The van der Waals surface area contributed by atoms with Gasteiger partial charge in [0, 0.05) is 11.8 Å². The Kier molecular flexibility index (Phi) is 3.21. The molecule has 0 aliphatic carbocycles. The molecule has 0 amide bonds. The number of aromatic nitrogens is 1. The van der Waals surface area contributed by atoms with Gasteiger partial charge in [0.1, 0.15) is 13.8 Å². The molecule has 0 saturated carbocycles. The van der Waals surface area contributed by atoms with Crippen LogP contribution < -0.4 is 0 Å². The zero-order chi connectivity index (χ0) is 10.6. The Bertz CT molecular complexity index is 396. The van der Waals surface area contributed by atoms with Crippen LogP contribution in [0.4, 0.5) is 0 Å². The van der Waals surface area contributed by atoms with E-state index in [4.69, 9.17) is 0 Å². The molecule has 0 aliphatic heterocycles. The van der Waals surface area contributed by atoms with Gasteiger partial charge in [-0.3, -0.25) is 9.78 Å². The summed E-state index contributed by atoms with van der Waals surface area (Å²) in [6.07, 6.45) is 2.34. The van der Waals surface area contributed by atoms with E-state index in [1.807, 2.05) is 6.07 Å². The van der Waals surface area contributed by atoms with E-state index in [1.165, 1.54) is 0 Å². The van der Waals surface area contributed by atoms with Crippen molar-refractivity contribution in [3.63, 3.8) is 0 Å². The highest BCUT2D eigenvalue weighted by molar-refractivity contribution is 6.83. The number of aldehydes is 1. The summed E-state index contributed by atoms with van der Waals surface area (Å²) < 4.78 is 0. The van der Waals surface area contributed by atoms with Gasteiger partial charge in [-0.15, -0.1) is 5.54 Å². The first kappa shape index (κ1) is 10.7. The molecule has 1 heterocycles. The largest absolute Gasteiger partial charge is 0.296 e. The maximum atomic E-state index is 10.5. The molecule has 0 spiro atoms. The van der Waals surface area contributed by atoms with E-state index in [9.17, 15) is 4.79 Å². The summed E-state index contributed by atoms with van der Waals surface area (Å²) >= 11 is 0. The molecular weight excluding hydrogens is 190 g/mol. The van der Waals surface area contributed by atoms with E-state index in [0.29, 0.717) is 5.69 Å². The molecule has 0 saturated heterocycles. The fourth-order valence-electron chi connectivity index (χ4n) is 0.850. The van der Waals surface area contributed by atoms with Crippen molar-refractivity contribution in [3.05, 3.63) is 29.6 Å². The Morgan fingerprint density at radius 2 is 2.14 bits per heavy atom. The van der Waals surface area contributed by atoms with E-state index in [-0.39, 0.29) is 0 Å². The van der Waals surface area contributed by atoms with Crippen molar-refractivity contribution in [1.82, 2.24) is 4.98 Å². The maximum Gasteiger partial charge on any atom is 0.168 e. The predicted octanol–water partition coefficient (Wildman–Crippen LogP) is 2.12. The number of pyridine rings is 1. The van der Waals surface area contributed by atoms with Crippen molar-refractivity contribution in [2.45, 2.75) is 19.6 Å². The van der Waals surface area contributed by atoms with Crippen molar-refractivity contribution in [2.75, 3.05) is 0 Å².